The van der Waals surface area contributed by atoms with Crippen molar-refractivity contribution < 1.29 is 0 Å². The molecule has 0 aliphatic rings. The molecule has 0 atom stereocenters. The molecular formula is C19H29N5. The van der Waals surface area contributed by atoms with Crippen LogP contribution in [0.1, 0.15) is 43.3 Å². The van der Waals surface area contributed by atoms with Crippen LogP contribution in [0.25, 0.3) is 0 Å². The highest BCUT2D eigenvalue weighted by atomic mass is 15.3. The number of hydrogen-bond donors (Lipinski definition) is 2. The van der Waals surface area contributed by atoms with Crippen molar-refractivity contribution in [2.24, 2.45) is 12.0 Å². The fraction of sp³-hybridized carbons (Fsp3) is 0.474. The number of rotatable bonds is 7. The third-order valence-electron chi connectivity index (χ3n) is 4.07. The molecule has 0 unspecified atom stereocenters. The van der Waals surface area contributed by atoms with Crippen LogP contribution in [-0.2, 0) is 33.0 Å². The molecule has 2 aromatic rings. The molecule has 2 rings (SSSR count). The lowest BCUT2D eigenvalue weighted by atomic mass is 10.1. The van der Waals surface area contributed by atoms with Crippen molar-refractivity contribution in [3.63, 3.8) is 0 Å². The van der Waals surface area contributed by atoms with Gasteiger partial charge in [-0.1, -0.05) is 44.2 Å². The van der Waals surface area contributed by atoms with Gasteiger partial charge in [-0.3, -0.25) is 4.68 Å². The molecule has 0 radical (unpaired) electrons. The maximum Gasteiger partial charge on any atom is 0.191 e. The zero-order valence-corrected chi connectivity index (χ0v) is 15.3. The summed E-state index contributed by atoms with van der Waals surface area (Å²) >= 11 is 0. The summed E-state index contributed by atoms with van der Waals surface area (Å²) in [6, 6.07) is 10.3. The quantitative estimate of drug-likeness (QED) is 0.607. The highest BCUT2D eigenvalue weighted by molar-refractivity contribution is 5.79. The Balaban J connectivity index is 2.09. The molecule has 0 saturated carbocycles. The van der Waals surface area contributed by atoms with Gasteiger partial charge in [-0.2, -0.15) is 5.10 Å². The van der Waals surface area contributed by atoms with E-state index >= 15 is 0 Å². The van der Waals surface area contributed by atoms with Gasteiger partial charge in [-0.15, -0.1) is 0 Å². The number of aliphatic imine (C=N–C) groups is 1. The fourth-order valence-electron chi connectivity index (χ4n) is 2.86. The first-order valence-electron chi connectivity index (χ1n) is 8.79. The zero-order chi connectivity index (χ0) is 17.4. The SMILES string of the molecule is CCNC(=NCc1ccccc1)NCc1c(CC)nn(C)c1CC. The van der Waals surface area contributed by atoms with E-state index in [1.807, 2.05) is 29.9 Å². The van der Waals surface area contributed by atoms with Gasteiger partial charge in [-0.25, -0.2) is 4.99 Å². The van der Waals surface area contributed by atoms with Crippen LogP contribution in [-0.4, -0.2) is 22.3 Å². The van der Waals surface area contributed by atoms with Crippen molar-refractivity contribution in [2.45, 2.75) is 46.7 Å². The van der Waals surface area contributed by atoms with E-state index in [1.165, 1.54) is 22.5 Å². The second-order valence-electron chi connectivity index (χ2n) is 5.74. The molecule has 0 spiro atoms. The Morgan fingerprint density at radius 2 is 1.83 bits per heavy atom. The molecule has 1 heterocycles. The Bertz CT molecular complexity index is 658. The van der Waals surface area contributed by atoms with Crippen molar-refractivity contribution in [3.05, 3.63) is 52.8 Å². The normalized spacial score (nSPS) is 11.6. The van der Waals surface area contributed by atoms with Crippen LogP contribution in [0, 0.1) is 0 Å². The van der Waals surface area contributed by atoms with E-state index in [-0.39, 0.29) is 0 Å². The fourth-order valence-corrected chi connectivity index (χ4v) is 2.86. The van der Waals surface area contributed by atoms with Gasteiger partial charge in [0.25, 0.3) is 0 Å². The molecular weight excluding hydrogens is 298 g/mol. The monoisotopic (exact) mass is 327 g/mol. The molecule has 0 aliphatic carbocycles. The van der Waals surface area contributed by atoms with E-state index < -0.39 is 0 Å². The highest BCUT2D eigenvalue weighted by Crippen LogP contribution is 2.15. The number of aryl methyl sites for hydroxylation is 2. The summed E-state index contributed by atoms with van der Waals surface area (Å²) in [6.45, 7) is 8.67. The van der Waals surface area contributed by atoms with Gasteiger partial charge >= 0.3 is 0 Å². The smallest absolute Gasteiger partial charge is 0.191 e. The van der Waals surface area contributed by atoms with Gasteiger partial charge in [0.2, 0.25) is 0 Å². The van der Waals surface area contributed by atoms with Crippen molar-refractivity contribution in [1.82, 2.24) is 20.4 Å². The minimum Gasteiger partial charge on any atom is -0.357 e. The Morgan fingerprint density at radius 3 is 2.46 bits per heavy atom. The first-order chi connectivity index (χ1) is 11.7. The summed E-state index contributed by atoms with van der Waals surface area (Å²) in [7, 11) is 2.02. The number of aromatic nitrogens is 2. The van der Waals surface area contributed by atoms with Crippen LogP contribution in [0.5, 0.6) is 0 Å². The van der Waals surface area contributed by atoms with E-state index in [9.17, 15) is 0 Å². The lowest BCUT2D eigenvalue weighted by Crippen LogP contribution is -2.37. The molecule has 24 heavy (non-hydrogen) atoms. The molecule has 1 aromatic carbocycles. The van der Waals surface area contributed by atoms with Gasteiger partial charge < -0.3 is 10.6 Å². The number of hydrogen-bond acceptors (Lipinski definition) is 2. The number of nitrogens with zero attached hydrogens (tertiary/aromatic N) is 3. The molecule has 5 heteroatoms. The molecule has 130 valence electrons. The minimum atomic E-state index is 0.671. The third-order valence-corrected chi connectivity index (χ3v) is 4.07. The largest absolute Gasteiger partial charge is 0.357 e. The van der Waals surface area contributed by atoms with Crippen LogP contribution >= 0.6 is 0 Å². The molecule has 0 aliphatic heterocycles. The van der Waals surface area contributed by atoms with E-state index in [1.54, 1.807) is 0 Å². The lowest BCUT2D eigenvalue weighted by Gasteiger charge is -2.12. The highest BCUT2D eigenvalue weighted by Gasteiger charge is 2.13. The second kappa shape index (κ2) is 9.11. The van der Waals surface area contributed by atoms with E-state index in [2.05, 4.69) is 53.6 Å². The van der Waals surface area contributed by atoms with Crippen LogP contribution in [0.15, 0.2) is 35.3 Å². The standard InChI is InChI=1S/C19H29N5/c1-5-17-16(18(6-2)24(4)23-17)14-22-19(20-7-3)21-13-15-11-9-8-10-12-15/h8-12H,5-7,13-14H2,1-4H3,(H2,20,21,22). The summed E-state index contributed by atoms with van der Waals surface area (Å²) in [5, 5.41) is 11.4. The van der Waals surface area contributed by atoms with E-state index in [0.717, 1.165) is 31.9 Å². The third kappa shape index (κ3) is 4.60. The predicted octanol–water partition coefficient (Wildman–Crippen LogP) is 2.80. The van der Waals surface area contributed by atoms with Gasteiger partial charge in [0.1, 0.15) is 0 Å². The Hall–Kier alpha value is -2.30. The lowest BCUT2D eigenvalue weighted by molar-refractivity contribution is 0.702. The van der Waals surface area contributed by atoms with Gasteiger partial charge in [0.15, 0.2) is 5.96 Å². The average Bonchev–Trinajstić information content (AvgIpc) is 2.93. The van der Waals surface area contributed by atoms with Crippen LogP contribution < -0.4 is 10.6 Å². The summed E-state index contributed by atoms with van der Waals surface area (Å²) < 4.78 is 2.00. The summed E-state index contributed by atoms with van der Waals surface area (Å²) in [5.41, 5.74) is 4.96. The Labute approximate surface area is 145 Å². The van der Waals surface area contributed by atoms with Crippen molar-refractivity contribution in [3.8, 4) is 0 Å². The number of nitrogens with one attached hydrogen (secondary N) is 2. The van der Waals surface area contributed by atoms with Crippen LogP contribution in [0.3, 0.4) is 0 Å². The maximum atomic E-state index is 4.68. The molecule has 0 bridgehead atoms. The number of benzene rings is 1. The molecule has 0 amide bonds. The van der Waals surface area contributed by atoms with E-state index in [0.29, 0.717) is 6.54 Å². The van der Waals surface area contributed by atoms with Crippen molar-refractivity contribution in [2.75, 3.05) is 6.54 Å². The average molecular weight is 327 g/mol. The Kier molecular flexibility index (Phi) is 6.85. The molecule has 1 aromatic heterocycles. The minimum absolute atomic E-state index is 0.671. The van der Waals surface area contributed by atoms with E-state index in [4.69, 9.17) is 0 Å². The molecule has 0 fully saturated rings. The summed E-state index contributed by atoms with van der Waals surface area (Å²) in [4.78, 5) is 4.68. The topological polar surface area (TPSA) is 54.2 Å². The first kappa shape index (κ1) is 18.0. The second-order valence-corrected chi connectivity index (χ2v) is 5.74. The predicted molar refractivity (Wildman–Crippen MR) is 100 cm³/mol. The number of guanidine groups is 1. The van der Waals surface area contributed by atoms with Crippen LogP contribution in [0.4, 0.5) is 0 Å². The van der Waals surface area contributed by atoms with Crippen molar-refractivity contribution in [1.29, 1.82) is 0 Å². The Morgan fingerprint density at radius 1 is 1.08 bits per heavy atom. The molecule has 5 nitrogen and oxygen atoms in total. The molecule has 0 saturated heterocycles. The van der Waals surface area contributed by atoms with Crippen LogP contribution in [0.2, 0.25) is 0 Å². The maximum absolute atomic E-state index is 4.68. The first-order valence-corrected chi connectivity index (χ1v) is 8.79. The summed E-state index contributed by atoms with van der Waals surface area (Å²) in [6.07, 6.45) is 1.93. The van der Waals surface area contributed by atoms with Crippen molar-refractivity contribution >= 4 is 5.96 Å². The van der Waals surface area contributed by atoms with Gasteiger partial charge in [0, 0.05) is 31.4 Å². The molecule has 2 N–H and O–H groups in total. The van der Waals surface area contributed by atoms with Gasteiger partial charge in [-0.05, 0) is 25.3 Å². The van der Waals surface area contributed by atoms with Gasteiger partial charge in [0.05, 0.1) is 12.2 Å². The zero-order valence-electron chi connectivity index (χ0n) is 15.3. The summed E-state index contributed by atoms with van der Waals surface area (Å²) in [5.74, 6) is 0.842.